The molecule has 82 valence electrons. The molecule has 1 heterocycles. The summed E-state index contributed by atoms with van der Waals surface area (Å²) in [5.41, 5.74) is 0.500. The summed E-state index contributed by atoms with van der Waals surface area (Å²) >= 11 is 6.94. The summed E-state index contributed by atoms with van der Waals surface area (Å²) in [7, 11) is 0. The van der Waals surface area contributed by atoms with Gasteiger partial charge in [-0.05, 0) is 25.1 Å². The fourth-order valence-electron chi connectivity index (χ4n) is 1.15. The van der Waals surface area contributed by atoms with E-state index in [1.54, 1.807) is 31.2 Å². The number of carbonyl (C=O) groups is 1. The van der Waals surface area contributed by atoms with Crippen LogP contribution < -0.4 is 5.32 Å². The number of aryl methyl sites for hydroxylation is 1. The number of halogens is 1. The fraction of sp³-hybridized carbons (Fsp3) is 0.100. The summed E-state index contributed by atoms with van der Waals surface area (Å²) < 4.78 is 3.97. The molecule has 0 fully saturated rings. The Balaban J connectivity index is 2.14. The summed E-state index contributed by atoms with van der Waals surface area (Å²) in [5.74, 6) is 0.407. The number of carbonyl (C=O) groups excluding carboxylic acids is 1. The van der Waals surface area contributed by atoms with Crippen molar-refractivity contribution in [3.63, 3.8) is 0 Å². The smallest absolute Gasteiger partial charge is 0.257 e. The van der Waals surface area contributed by atoms with Gasteiger partial charge in [0.25, 0.3) is 5.91 Å². The Labute approximate surface area is 101 Å². The Kier molecular flexibility index (Phi) is 3.17. The lowest BCUT2D eigenvalue weighted by molar-refractivity contribution is 0.102. The lowest BCUT2D eigenvalue weighted by atomic mass is 10.2. The summed E-state index contributed by atoms with van der Waals surface area (Å²) in [6.07, 6.45) is 0. The van der Waals surface area contributed by atoms with Gasteiger partial charge in [0.15, 0.2) is 0 Å². The first-order valence-electron chi connectivity index (χ1n) is 4.52. The Morgan fingerprint density at radius 1 is 1.50 bits per heavy atom. The molecule has 0 saturated heterocycles. The molecule has 1 N–H and O–H groups in total. The zero-order valence-electron chi connectivity index (χ0n) is 8.40. The van der Waals surface area contributed by atoms with Crippen molar-refractivity contribution >= 4 is 34.2 Å². The highest BCUT2D eigenvalue weighted by atomic mass is 35.5. The molecule has 0 saturated carbocycles. The second kappa shape index (κ2) is 4.59. The second-order valence-electron chi connectivity index (χ2n) is 3.11. The van der Waals surface area contributed by atoms with Crippen LogP contribution in [0, 0.1) is 6.92 Å². The van der Waals surface area contributed by atoms with E-state index in [0.717, 1.165) is 11.5 Å². The molecule has 0 unspecified atom stereocenters. The van der Waals surface area contributed by atoms with Crippen molar-refractivity contribution in [1.29, 1.82) is 0 Å². The van der Waals surface area contributed by atoms with Crippen molar-refractivity contribution < 1.29 is 4.79 Å². The number of anilines is 1. The van der Waals surface area contributed by atoms with E-state index in [4.69, 9.17) is 11.6 Å². The first-order chi connectivity index (χ1) is 7.65. The summed E-state index contributed by atoms with van der Waals surface area (Å²) in [5, 5.41) is 3.67. The molecule has 0 bridgehead atoms. The van der Waals surface area contributed by atoms with E-state index in [2.05, 4.69) is 14.7 Å². The van der Waals surface area contributed by atoms with Crippen LogP contribution in [0.15, 0.2) is 24.3 Å². The van der Waals surface area contributed by atoms with Gasteiger partial charge < -0.3 is 0 Å². The number of hydrogen-bond donors (Lipinski definition) is 1. The number of hydrogen-bond acceptors (Lipinski definition) is 4. The van der Waals surface area contributed by atoms with Gasteiger partial charge in [0.05, 0.1) is 0 Å². The highest BCUT2D eigenvalue weighted by Crippen LogP contribution is 2.14. The highest BCUT2D eigenvalue weighted by molar-refractivity contribution is 7.09. The van der Waals surface area contributed by atoms with Gasteiger partial charge in [-0.3, -0.25) is 10.1 Å². The van der Waals surface area contributed by atoms with Crippen molar-refractivity contribution in [1.82, 2.24) is 9.36 Å². The predicted molar refractivity (Wildman–Crippen MR) is 64.1 cm³/mol. The molecule has 1 aromatic carbocycles. The number of amides is 1. The van der Waals surface area contributed by atoms with E-state index in [0.29, 0.717) is 21.5 Å². The Morgan fingerprint density at radius 2 is 2.31 bits per heavy atom. The maximum absolute atomic E-state index is 11.7. The normalized spacial score (nSPS) is 10.1. The Morgan fingerprint density at radius 3 is 2.94 bits per heavy atom. The molecule has 0 spiro atoms. The molecule has 2 rings (SSSR count). The monoisotopic (exact) mass is 253 g/mol. The van der Waals surface area contributed by atoms with Gasteiger partial charge in [0.1, 0.15) is 5.82 Å². The molecule has 0 aliphatic carbocycles. The highest BCUT2D eigenvalue weighted by Gasteiger charge is 2.08. The summed E-state index contributed by atoms with van der Waals surface area (Å²) in [6, 6.07) is 6.73. The van der Waals surface area contributed by atoms with Crippen molar-refractivity contribution in [2.24, 2.45) is 0 Å². The molecular weight excluding hydrogens is 246 g/mol. The summed E-state index contributed by atoms with van der Waals surface area (Å²) in [6.45, 7) is 1.77. The molecule has 0 radical (unpaired) electrons. The number of nitrogens with one attached hydrogen (secondary N) is 1. The van der Waals surface area contributed by atoms with E-state index < -0.39 is 0 Å². The predicted octanol–water partition coefficient (Wildman–Crippen LogP) is 2.75. The second-order valence-corrected chi connectivity index (χ2v) is 4.30. The molecule has 6 heteroatoms. The molecule has 1 aromatic heterocycles. The standard InChI is InChI=1S/C10H8ClN3OS/c1-6-12-10(16-14-6)13-9(15)7-3-2-4-8(11)5-7/h2-5H,1H3,(H,12,13,14,15). The van der Waals surface area contributed by atoms with Crippen LogP contribution in [0.25, 0.3) is 0 Å². The van der Waals surface area contributed by atoms with Crippen molar-refractivity contribution in [3.05, 3.63) is 40.7 Å². The van der Waals surface area contributed by atoms with Gasteiger partial charge in [0, 0.05) is 22.1 Å². The Hall–Kier alpha value is -1.46. The van der Waals surface area contributed by atoms with E-state index in [9.17, 15) is 4.79 Å². The number of rotatable bonds is 2. The van der Waals surface area contributed by atoms with Crippen molar-refractivity contribution in [2.75, 3.05) is 5.32 Å². The van der Waals surface area contributed by atoms with Gasteiger partial charge in [0.2, 0.25) is 5.13 Å². The maximum Gasteiger partial charge on any atom is 0.257 e. The van der Waals surface area contributed by atoms with Crippen molar-refractivity contribution in [2.45, 2.75) is 6.92 Å². The van der Waals surface area contributed by atoms with Gasteiger partial charge in [-0.15, -0.1) is 0 Å². The van der Waals surface area contributed by atoms with Crippen LogP contribution in [0.2, 0.25) is 5.02 Å². The largest absolute Gasteiger partial charge is 0.297 e. The van der Waals surface area contributed by atoms with Crippen LogP contribution in [0.4, 0.5) is 5.13 Å². The molecule has 16 heavy (non-hydrogen) atoms. The average molecular weight is 254 g/mol. The van der Waals surface area contributed by atoms with E-state index in [-0.39, 0.29) is 5.91 Å². The average Bonchev–Trinajstić information content (AvgIpc) is 2.64. The van der Waals surface area contributed by atoms with E-state index in [1.165, 1.54) is 0 Å². The zero-order valence-corrected chi connectivity index (χ0v) is 9.97. The number of nitrogens with zero attached hydrogens (tertiary/aromatic N) is 2. The minimum atomic E-state index is -0.237. The van der Waals surface area contributed by atoms with E-state index in [1.807, 2.05) is 0 Å². The fourth-order valence-corrected chi connectivity index (χ4v) is 1.91. The van der Waals surface area contributed by atoms with Gasteiger partial charge >= 0.3 is 0 Å². The SMILES string of the molecule is Cc1nsc(NC(=O)c2cccc(Cl)c2)n1. The van der Waals surface area contributed by atoms with Crippen LogP contribution in [0.5, 0.6) is 0 Å². The minimum Gasteiger partial charge on any atom is -0.297 e. The molecular formula is C10H8ClN3OS. The lowest BCUT2D eigenvalue weighted by Gasteiger charge is -2.00. The third-order valence-corrected chi connectivity index (χ3v) is 2.79. The number of aromatic nitrogens is 2. The quantitative estimate of drug-likeness (QED) is 0.895. The molecule has 1 amide bonds. The maximum atomic E-state index is 11.7. The number of benzene rings is 1. The first-order valence-corrected chi connectivity index (χ1v) is 5.67. The molecule has 0 aliphatic heterocycles. The molecule has 0 aliphatic rings. The first kappa shape index (κ1) is 11.0. The van der Waals surface area contributed by atoms with Gasteiger partial charge in [-0.1, -0.05) is 17.7 Å². The summed E-state index contributed by atoms with van der Waals surface area (Å²) in [4.78, 5) is 15.8. The minimum absolute atomic E-state index is 0.237. The zero-order chi connectivity index (χ0) is 11.5. The van der Waals surface area contributed by atoms with Crippen LogP contribution in [-0.2, 0) is 0 Å². The van der Waals surface area contributed by atoms with Crippen molar-refractivity contribution in [3.8, 4) is 0 Å². The van der Waals surface area contributed by atoms with Gasteiger partial charge in [-0.25, -0.2) is 4.98 Å². The van der Waals surface area contributed by atoms with Crippen LogP contribution >= 0.6 is 23.1 Å². The topological polar surface area (TPSA) is 54.9 Å². The van der Waals surface area contributed by atoms with Crippen LogP contribution in [0.1, 0.15) is 16.2 Å². The Bertz CT molecular complexity index is 526. The lowest BCUT2D eigenvalue weighted by Crippen LogP contribution is -2.11. The van der Waals surface area contributed by atoms with Gasteiger partial charge in [-0.2, -0.15) is 4.37 Å². The molecule has 0 atom stereocenters. The van der Waals surface area contributed by atoms with Crippen LogP contribution in [-0.4, -0.2) is 15.3 Å². The third kappa shape index (κ3) is 2.56. The third-order valence-electron chi connectivity index (χ3n) is 1.83. The van der Waals surface area contributed by atoms with E-state index >= 15 is 0 Å². The molecule has 4 nitrogen and oxygen atoms in total. The molecule has 2 aromatic rings. The van der Waals surface area contributed by atoms with Crippen LogP contribution in [0.3, 0.4) is 0 Å².